The van der Waals surface area contributed by atoms with Crippen LogP contribution in [-0.4, -0.2) is 4.98 Å². The number of rotatable bonds is 5. The summed E-state index contributed by atoms with van der Waals surface area (Å²) in [6, 6.07) is 19.3. The molecule has 0 fully saturated rings. The Morgan fingerprint density at radius 1 is 1.05 bits per heavy atom. The molecule has 2 aromatic carbocycles. The van der Waals surface area contributed by atoms with Crippen molar-refractivity contribution in [3.8, 4) is 0 Å². The summed E-state index contributed by atoms with van der Waals surface area (Å²) in [5.74, 6) is 0. The lowest BCUT2D eigenvalue weighted by Crippen LogP contribution is -2.22. The molecule has 106 valence electrons. The van der Waals surface area contributed by atoms with Gasteiger partial charge in [0.25, 0.3) is 0 Å². The van der Waals surface area contributed by atoms with Crippen LogP contribution < -0.4 is 5.32 Å². The van der Waals surface area contributed by atoms with Gasteiger partial charge in [0.1, 0.15) is 0 Å². The minimum absolute atomic E-state index is 0.189. The molecule has 1 unspecified atom stereocenters. The fourth-order valence-electron chi connectivity index (χ4n) is 2.50. The summed E-state index contributed by atoms with van der Waals surface area (Å²) in [6.45, 7) is 2.94. The number of nitrogens with one attached hydrogen (secondary N) is 1. The Bertz CT molecular complexity index is 677. The number of hydrogen-bond acceptors (Lipinski definition) is 3. The average molecular weight is 294 g/mol. The second-order valence-corrected chi connectivity index (χ2v) is 5.78. The Labute approximate surface area is 129 Å². The summed E-state index contributed by atoms with van der Waals surface area (Å²) < 4.78 is 0. The number of thiazole rings is 1. The van der Waals surface area contributed by atoms with Gasteiger partial charge in [-0.2, -0.15) is 0 Å². The first-order chi connectivity index (χ1) is 10.3. The molecule has 1 heterocycles. The zero-order chi connectivity index (χ0) is 14.5. The third kappa shape index (κ3) is 3.38. The van der Waals surface area contributed by atoms with Crippen molar-refractivity contribution in [2.24, 2.45) is 0 Å². The van der Waals surface area contributed by atoms with Gasteiger partial charge in [-0.1, -0.05) is 54.6 Å². The van der Waals surface area contributed by atoms with Crippen molar-refractivity contribution in [3.63, 3.8) is 0 Å². The summed E-state index contributed by atoms with van der Waals surface area (Å²) in [5, 5.41) is 5.73. The molecule has 2 nitrogen and oxygen atoms in total. The van der Waals surface area contributed by atoms with Crippen molar-refractivity contribution in [3.05, 3.63) is 87.9 Å². The minimum atomic E-state index is 0.189. The largest absolute Gasteiger partial charge is 0.301 e. The van der Waals surface area contributed by atoms with E-state index in [1.807, 2.05) is 5.51 Å². The van der Waals surface area contributed by atoms with Gasteiger partial charge in [0.2, 0.25) is 0 Å². The van der Waals surface area contributed by atoms with E-state index < -0.39 is 0 Å². The van der Waals surface area contributed by atoms with Gasteiger partial charge in [0.05, 0.1) is 17.2 Å². The van der Waals surface area contributed by atoms with E-state index in [0.29, 0.717) is 0 Å². The van der Waals surface area contributed by atoms with Crippen molar-refractivity contribution >= 4 is 11.3 Å². The molecule has 0 saturated heterocycles. The Hall–Kier alpha value is -1.97. The van der Waals surface area contributed by atoms with Crippen molar-refractivity contribution in [1.29, 1.82) is 0 Å². The lowest BCUT2D eigenvalue weighted by Gasteiger charge is -2.21. The van der Waals surface area contributed by atoms with Crippen LogP contribution in [-0.2, 0) is 6.54 Å². The number of hydrogen-bond donors (Lipinski definition) is 1. The quantitative estimate of drug-likeness (QED) is 0.757. The van der Waals surface area contributed by atoms with Gasteiger partial charge in [0.15, 0.2) is 0 Å². The smallest absolute Gasteiger partial charge is 0.0795 e. The van der Waals surface area contributed by atoms with E-state index in [0.717, 1.165) is 12.2 Å². The molecule has 0 saturated carbocycles. The number of aryl methyl sites for hydroxylation is 1. The monoisotopic (exact) mass is 294 g/mol. The van der Waals surface area contributed by atoms with Crippen LogP contribution in [0, 0.1) is 6.92 Å². The first kappa shape index (κ1) is 14.0. The van der Waals surface area contributed by atoms with Gasteiger partial charge in [0, 0.05) is 11.9 Å². The fourth-order valence-corrected chi connectivity index (χ4v) is 3.05. The zero-order valence-corrected chi connectivity index (χ0v) is 12.8. The van der Waals surface area contributed by atoms with Crippen molar-refractivity contribution in [2.75, 3.05) is 0 Å². The molecule has 0 aliphatic heterocycles. The van der Waals surface area contributed by atoms with E-state index in [1.54, 1.807) is 11.3 Å². The van der Waals surface area contributed by atoms with E-state index in [9.17, 15) is 0 Å². The molecule has 1 N–H and O–H groups in total. The third-order valence-corrected chi connectivity index (χ3v) is 4.24. The minimum Gasteiger partial charge on any atom is -0.301 e. The van der Waals surface area contributed by atoms with Crippen LogP contribution in [0.5, 0.6) is 0 Å². The molecule has 3 heteroatoms. The molecular formula is C18H18N2S. The van der Waals surface area contributed by atoms with Crippen LogP contribution >= 0.6 is 11.3 Å². The second-order valence-electron chi connectivity index (χ2n) is 5.06. The van der Waals surface area contributed by atoms with E-state index >= 15 is 0 Å². The predicted octanol–water partition coefficient (Wildman–Crippen LogP) is 4.33. The summed E-state index contributed by atoms with van der Waals surface area (Å²) in [4.78, 5) is 4.35. The van der Waals surface area contributed by atoms with E-state index in [2.05, 4.69) is 77.2 Å². The topological polar surface area (TPSA) is 24.9 Å². The molecular weight excluding hydrogens is 276 g/mol. The van der Waals surface area contributed by atoms with Gasteiger partial charge < -0.3 is 5.32 Å². The maximum atomic E-state index is 4.35. The first-order valence-electron chi connectivity index (χ1n) is 7.05. The van der Waals surface area contributed by atoms with Gasteiger partial charge in [-0.3, -0.25) is 0 Å². The molecule has 0 aliphatic carbocycles. The Morgan fingerprint density at radius 3 is 2.52 bits per heavy atom. The van der Waals surface area contributed by atoms with E-state index in [1.165, 1.54) is 16.7 Å². The van der Waals surface area contributed by atoms with Crippen molar-refractivity contribution in [2.45, 2.75) is 19.5 Å². The van der Waals surface area contributed by atoms with Gasteiger partial charge in [-0.05, 0) is 23.6 Å². The predicted molar refractivity (Wildman–Crippen MR) is 88.4 cm³/mol. The van der Waals surface area contributed by atoms with E-state index in [4.69, 9.17) is 0 Å². The second kappa shape index (κ2) is 6.66. The Balaban J connectivity index is 1.90. The number of aromatic nitrogens is 1. The average Bonchev–Trinajstić information content (AvgIpc) is 3.04. The molecule has 1 atom stereocenters. The molecule has 3 rings (SSSR count). The maximum Gasteiger partial charge on any atom is 0.0795 e. The summed E-state index contributed by atoms with van der Waals surface area (Å²) >= 11 is 1.63. The zero-order valence-electron chi connectivity index (χ0n) is 12.0. The highest BCUT2D eigenvalue weighted by molar-refractivity contribution is 7.07. The summed E-state index contributed by atoms with van der Waals surface area (Å²) in [6.07, 6.45) is 0. The highest BCUT2D eigenvalue weighted by Gasteiger charge is 2.15. The highest BCUT2D eigenvalue weighted by Crippen LogP contribution is 2.25. The van der Waals surface area contributed by atoms with Crippen LogP contribution in [0.3, 0.4) is 0 Å². The van der Waals surface area contributed by atoms with Crippen LogP contribution in [0.15, 0.2) is 65.5 Å². The molecule has 0 aliphatic rings. The van der Waals surface area contributed by atoms with Crippen LogP contribution in [0.25, 0.3) is 0 Å². The first-order valence-corrected chi connectivity index (χ1v) is 8.00. The summed E-state index contributed by atoms with van der Waals surface area (Å²) in [7, 11) is 0. The molecule has 21 heavy (non-hydrogen) atoms. The lowest BCUT2D eigenvalue weighted by molar-refractivity contribution is 0.596. The maximum absolute atomic E-state index is 4.35. The van der Waals surface area contributed by atoms with Crippen LogP contribution in [0.1, 0.15) is 28.4 Å². The Kier molecular flexibility index (Phi) is 4.43. The van der Waals surface area contributed by atoms with Gasteiger partial charge in [-0.15, -0.1) is 11.3 Å². The normalized spacial score (nSPS) is 12.2. The van der Waals surface area contributed by atoms with Crippen LogP contribution in [0.2, 0.25) is 0 Å². The number of nitrogens with zero attached hydrogens (tertiary/aromatic N) is 1. The van der Waals surface area contributed by atoms with Crippen molar-refractivity contribution < 1.29 is 0 Å². The molecule has 0 amide bonds. The molecule has 0 radical (unpaired) electrons. The van der Waals surface area contributed by atoms with Crippen molar-refractivity contribution in [1.82, 2.24) is 10.3 Å². The third-order valence-electron chi connectivity index (χ3n) is 3.60. The Morgan fingerprint density at radius 2 is 1.81 bits per heavy atom. The summed E-state index contributed by atoms with van der Waals surface area (Å²) in [5.41, 5.74) is 6.87. The van der Waals surface area contributed by atoms with Gasteiger partial charge in [-0.25, -0.2) is 4.98 Å². The van der Waals surface area contributed by atoms with E-state index in [-0.39, 0.29) is 6.04 Å². The molecule has 3 aromatic rings. The standard InChI is InChI=1S/C18H18N2S/c1-14-7-5-6-10-17(14)18(15-8-3-2-4-9-15)19-11-16-12-21-13-20-16/h2-10,12-13,18-19H,11H2,1H3. The fraction of sp³-hybridized carbons (Fsp3) is 0.167. The lowest BCUT2D eigenvalue weighted by atomic mass is 9.95. The SMILES string of the molecule is Cc1ccccc1C(NCc1cscn1)c1ccccc1. The molecule has 0 spiro atoms. The number of benzene rings is 2. The molecule has 1 aromatic heterocycles. The highest BCUT2D eigenvalue weighted by atomic mass is 32.1. The van der Waals surface area contributed by atoms with Crippen LogP contribution in [0.4, 0.5) is 0 Å². The van der Waals surface area contributed by atoms with Gasteiger partial charge >= 0.3 is 0 Å². The molecule has 0 bridgehead atoms.